The van der Waals surface area contributed by atoms with Crippen molar-refractivity contribution in [3.8, 4) is 17.1 Å². The molecule has 96 valence electrons. The molecule has 0 fully saturated rings. The fourth-order valence-corrected chi connectivity index (χ4v) is 1.76. The predicted molar refractivity (Wildman–Crippen MR) is 71.1 cm³/mol. The zero-order valence-electron chi connectivity index (χ0n) is 10.2. The molecule has 6 heteroatoms. The minimum absolute atomic E-state index is 0.276. The number of rotatable bonds is 3. The van der Waals surface area contributed by atoms with Crippen molar-refractivity contribution < 1.29 is 4.52 Å². The lowest BCUT2D eigenvalue weighted by molar-refractivity contribution is 0.422. The maximum absolute atomic E-state index is 5.90. The molecule has 0 spiro atoms. The highest BCUT2D eigenvalue weighted by Gasteiger charge is 2.14. The molecule has 3 rings (SSSR count). The maximum Gasteiger partial charge on any atom is 0.261 e. The second-order valence-corrected chi connectivity index (χ2v) is 4.74. The molecule has 5 nitrogen and oxygen atoms in total. The van der Waals surface area contributed by atoms with Crippen molar-refractivity contribution in [2.24, 2.45) is 0 Å². The lowest BCUT2D eigenvalue weighted by atomic mass is 10.3. The second kappa shape index (κ2) is 4.85. The van der Waals surface area contributed by atoms with Crippen molar-refractivity contribution in [2.75, 3.05) is 0 Å². The van der Waals surface area contributed by atoms with Gasteiger partial charge in [0.25, 0.3) is 5.89 Å². The molecule has 0 aliphatic rings. The number of hydrogen-bond acceptors (Lipinski definition) is 4. The maximum atomic E-state index is 5.90. The quantitative estimate of drug-likeness (QED) is 0.688. The molecule has 0 saturated carbocycles. The van der Waals surface area contributed by atoms with E-state index in [1.54, 1.807) is 17.8 Å². The van der Waals surface area contributed by atoms with E-state index in [0.717, 1.165) is 11.3 Å². The first-order chi connectivity index (χ1) is 9.24. The number of para-hydroxylation sites is 1. The first-order valence-electron chi connectivity index (χ1n) is 5.82. The van der Waals surface area contributed by atoms with E-state index in [4.69, 9.17) is 16.1 Å². The molecule has 0 N–H and O–H groups in total. The number of aromatic nitrogens is 4. The Balaban J connectivity index is 1.92. The Morgan fingerprint density at radius 2 is 2.05 bits per heavy atom. The van der Waals surface area contributed by atoms with Gasteiger partial charge in [-0.25, -0.2) is 4.68 Å². The topological polar surface area (TPSA) is 56.7 Å². The standard InChI is InChI=1S/C13H11ClN4O/c1-9(14)12-16-13(19-17-12)10-7-15-18(8-10)11-5-3-2-4-6-11/h2-9H,1H3. The summed E-state index contributed by atoms with van der Waals surface area (Å²) in [5.74, 6) is 0.897. The molecular formula is C13H11ClN4O. The van der Waals surface area contributed by atoms with Crippen molar-refractivity contribution in [2.45, 2.75) is 12.3 Å². The van der Waals surface area contributed by atoms with Gasteiger partial charge in [0.2, 0.25) is 0 Å². The SMILES string of the molecule is CC(Cl)c1noc(-c2cnn(-c3ccccc3)c2)n1. The van der Waals surface area contributed by atoms with Crippen LogP contribution in [0.4, 0.5) is 0 Å². The van der Waals surface area contributed by atoms with E-state index < -0.39 is 0 Å². The van der Waals surface area contributed by atoms with Gasteiger partial charge >= 0.3 is 0 Å². The van der Waals surface area contributed by atoms with E-state index in [9.17, 15) is 0 Å². The Labute approximate surface area is 114 Å². The number of alkyl halides is 1. The highest BCUT2D eigenvalue weighted by molar-refractivity contribution is 6.20. The molecule has 0 bridgehead atoms. The van der Waals surface area contributed by atoms with Crippen LogP contribution in [0.25, 0.3) is 17.1 Å². The molecule has 2 aromatic heterocycles. The van der Waals surface area contributed by atoms with E-state index in [1.807, 2.05) is 36.5 Å². The molecule has 0 aliphatic carbocycles. The van der Waals surface area contributed by atoms with Crippen LogP contribution in [-0.2, 0) is 0 Å². The molecule has 0 radical (unpaired) electrons. The number of nitrogens with zero attached hydrogens (tertiary/aromatic N) is 4. The predicted octanol–water partition coefficient (Wildman–Crippen LogP) is 3.22. The fourth-order valence-electron chi connectivity index (χ4n) is 1.67. The molecular weight excluding hydrogens is 264 g/mol. The van der Waals surface area contributed by atoms with Gasteiger partial charge in [-0.05, 0) is 19.1 Å². The molecule has 0 saturated heterocycles. The fraction of sp³-hybridized carbons (Fsp3) is 0.154. The first-order valence-corrected chi connectivity index (χ1v) is 6.26. The molecule has 3 aromatic rings. The van der Waals surface area contributed by atoms with Crippen LogP contribution in [-0.4, -0.2) is 19.9 Å². The van der Waals surface area contributed by atoms with Gasteiger partial charge in [0, 0.05) is 6.20 Å². The summed E-state index contributed by atoms with van der Waals surface area (Å²) in [5, 5.41) is 7.82. The van der Waals surface area contributed by atoms with Crippen LogP contribution in [0.3, 0.4) is 0 Å². The Morgan fingerprint density at radius 1 is 1.26 bits per heavy atom. The van der Waals surface area contributed by atoms with E-state index in [2.05, 4.69) is 15.2 Å². The Hall–Kier alpha value is -2.14. The third kappa shape index (κ3) is 2.37. The normalized spacial score (nSPS) is 12.5. The largest absolute Gasteiger partial charge is 0.334 e. The Morgan fingerprint density at radius 3 is 2.74 bits per heavy atom. The molecule has 1 atom stereocenters. The van der Waals surface area contributed by atoms with Crippen molar-refractivity contribution in [1.82, 2.24) is 19.9 Å². The zero-order valence-corrected chi connectivity index (χ0v) is 10.9. The van der Waals surface area contributed by atoms with Gasteiger partial charge in [-0.3, -0.25) is 0 Å². The zero-order chi connectivity index (χ0) is 13.2. The monoisotopic (exact) mass is 274 g/mol. The summed E-state index contributed by atoms with van der Waals surface area (Å²) in [4.78, 5) is 4.22. The van der Waals surface area contributed by atoms with Crippen LogP contribution in [0.15, 0.2) is 47.2 Å². The van der Waals surface area contributed by atoms with Gasteiger partial charge in [0.15, 0.2) is 5.82 Å². The summed E-state index contributed by atoms with van der Waals surface area (Å²) in [6.07, 6.45) is 3.52. The highest BCUT2D eigenvalue weighted by Crippen LogP contribution is 2.22. The molecule has 19 heavy (non-hydrogen) atoms. The minimum atomic E-state index is -0.276. The number of benzene rings is 1. The third-order valence-electron chi connectivity index (χ3n) is 2.65. The van der Waals surface area contributed by atoms with Crippen molar-refractivity contribution in [1.29, 1.82) is 0 Å². The van der Waals surface area contributed by atoms with Crippen molar-refractivity contribution in [3.63, 3.8) is 0 Å². The summed E-state index contributed by atoms with van der Waals surface area (Å²) in [7, 11) is 0. The van der Waals surface area contributed by atoms with Gasteiger partial charge in [0.1, 0.15) is 0 Å². The molecule has 1 unspecified atom stereocenters. The van der Waals surface area contributed by atoms with Crippen LogP contribution in [0.2, 0.25) is 0 Å². The number of halogens is 1. The van der Waals surface area contributed by atoms with Crippen molar-refractivity contribution in [3.05, 3.63) is 48.5 Å². The average molecular weight is 275 g/mol. The highest BCUT2D eigenvalue weighted by atomic mass is 35.5. The molecule has 0 aliphatic heterocycles. The van der Waals surface area contributed by atoms with Crippen LogP contribution in [0, 0.1) is 0 Å². The molecule has 1 aromatic carbocycles. The first kappa shape index (κ1) is 11.9. The summed E-state index contributed by atoms with van der Waals surface area (Å²) in [6, 6.07) is 9.81. The minimum Gasteiger partial charge on any atom is -0.334 e. The van der Waals surface area contributed by atoms with E-state index in [-0.39, 0.29) is 5.38 Å². The molecule has 2 heterocycles. The van der Waals surface area contributed by atoms with Gasteiger partial charge in [0.05, 0.1) is 22.8 Å². The summed E-state index contributed by atoms with van der Waals surface area (Å²) >= 11 is 5.90. The number of hydrogen-bond donors (Lipinski definition) is 0. The van der Waals surface area contributed by atoms with Gasteiger partial charge < -0.3 is 4.52 Å². The van der Waals surface area contributed by atoms with Gasteiger partial charge in [-0.15, -0.1) is 11.6 Å². The summed E-state index contributed by atoms with van der Waals surface area (Å²) in [5.41, 5.74) is 1.74. The summed E-state index contributed by atoms with van der Waals surface area (Å²) < 4.78 is 6.92. The Kier molecular flexibility index (Phi) is 3.05. The third-order valence-corrected chi connectivity index (χ3v) is 2.84. The summed E-state index contributed by atoms with van der Waals surface area (Å²) in [6.45, 7) is 1.80. The smallest absolute Gasteiger partial charge is 0.261 e. The van der Waals surface area contributed by atoms with Crippen LogP contribution in [0.5, 0.6) is 0 Å². The second-order valence-electron chi connectivity index (χ2n) is 4.08. The van der Waals surface area contributed by atoms with Crippen LogP contribution >= 0.6 is 11.6 Å². The Bertz CT molecular complexity index is 675. The van der Waals surface area contributed by atoms with Gasteiger partial charge in [-0.1, -0.05) is 23.4 Å². The molecule has 0 amide bonds. The van der Waals surface area contributed by atoms with Gasteiger partial charge in [-0.2, -0.15) is 10.1 Å². The lowest BCUT2D eigenvalue weighted by Gasteiger charge is -1.98. The van der Waals surface area contributed by atoms with Crippen LogP contribution < -0.4 is 0 Å². The van der Waals surface area contributed by atoms with E-state index >= 15 is 0 Å². The lowest BCUT2D eigenvalue weighted by Crippen LogP contribution is -1.92. The average Bonchev–Trinajstić information content (AvgIpc) is 3.09. The van der Waals surface area contributed by atoms with E-state index in [1.165, 1.54) is 0 Å². The van der Waals surface area contributed by atoms with Crippen molar-refractivity contribution >= 4 is 11.6 Å². The van der Waals surface area contributed by atoms with E-state index in [0.29, 0.717) is 11.7 Å². The van der Waals surface area contributed by atoms with Crippen LogP contribution in [0.1, 0.15) is 18.1 Å².